The maximum Gasteiger partial charge on any atom is 0.00188 e. The van der Waals surface area contributed by atoms with E-state index in [0.717, 1.165) is 5.92 Å². The van der Waals surface area contributed by atoms with Gasteiger partial charge in [-0.25, -0.2) is 0 Å². The van der Waals surface area contributed by atoms with Crippen molar-refractivity contribution in [1.29, 1.82) is 0 Å². The number of hydrogen-bond donors (Lipinski definition) is 1. The Bertz CT molecular complexity index is 344. The lowest BCUT2D eigenvalue weighted by Crippen LogP contribution is -2.29. The maximum absolute atomic E-state index is 3.51. The van der Waals surface area contributed by atoms with Crippen LogP contribution in [-0.2, 0) is 6.42 Å². The third kappa shape index (κ3) is 6.06. The second-order valence-corrected chi connectivity index (χ2v) is 6.25. The molecule has 0 amide bonds. The molecule has 1 saturated heterocycles. The van der Waals surface area contributed by atoms with E-state index in [9.17, 15) is 0 Å². The van der Waals surface area contributed by atoms with Crippen LogP contribution in [0, 0.1) is 5.92 Å². The molecule has 0 aromatic heterocycles. The first-order valence-electron chi connectivity index (χ1n) is 8.28. The Morgan fingerprint density at radius 1 is 1.15 bits per heavy atom. The van der Waals surface area contributed by atoms with Crippen LogP contribution in [0.15, 0.2) is 30.3 Å². The number of benzene rings is 1. The van der Waals surface area contributed by atoms with Gasteiger partial charge in [-0.15, -0.1) is 0 Å². The summed E-state index contributed by atoms with van der Waals surface area (Å²) in [4.78, 5) is 2.48. The van der Waals surface area contributed by atoms with E-state index in [0.29, 0.717) is 0 Å². The number of hydrogen-bond acceptors (Lipinski definition) is 2. The highest BCUT2D eigenvalue weighted by Gasteiger charge is 2.12. The third-order valence-corrected chi connectivity index (χ3v) is 4.43. The molecule has 1 aromatic rings. The topological polar surface area (TPSA) is 15.3 Å². The summed E-state index contributed by atoms with van der Waals surface area (Å²) < 4.78 is 0. The molecule has 2 heteroatoms. The van der Waals surface area contributed by atoms with Gasteiger partial charge in [0.15, 0.2) is 0 Å². The number of nitrogens with zero attached hydrogens (tertiary/aromatic N) is 1. The van der Waals surface area contributed by atoms with Crippen LogP contribution in [0.2, 0.25) is 0 Å². The van der Waals surface area contributed by atoms with Gasteiger partial charge in [0.2, 0.25) is 0 Å². The zero-order valence-electron chi connectivity index (χ0n) is 13.0. The SMILES string of the molecule is CN(CCCCC1CCCNC1)CCc1ccccc1. The molecule has 1 N–H and O–H groups in total. The molecular formula is C18H30N2. The van der Waals surface area contributed by atoms with Gasteiger partial charge in [0.1, 0.15) is 0 Å². The summed E-state index contributed by atoms with van der Waals surface area (Å²) in [5.41, 5.74) is 1.45. The second kappa shape index (κ2) is 9.15. The molecule has 0 bridgehead atoms. The molecule has 1 aromatic carbocycles. The largest absolute Gasteiger partial charge is 0.316 e. The quantitative estimate of drug-likeness (QED) is 0.732. The summed E-state index contributed by atoms with van der Waals surface area (Å²) in [6.45, 7) is 4.91. The number of rotatable bonds is 8. The molecular weight excluding hydrogens is 244 g/mol. The Morgan fingerprint density at radius 2 is 2.00 bits per heavy atom. The predicted molar refractivity (Wildman–Crippen MR) is 87.1 cm³/mol. The van der Waals surface area contributed by atoms with E-state index < -0.39 is 0 Å². The minimum absolute atomic E-state index is 0.943. The number of likely N-dealkylation sites (N-methyl/N-ethyl adjacent to an activating group) is 1. The molecule has 2 nitrogen and oxygen atoms in total. The van der Waals surface area contributed by atoms with Gasteiger partial charge in [-0.3, -0.25) is 0 Å². The zero-order valence-corrected chi connectivity index (χ0v) is 13.0. The van der Waals surface area contributed by atoms with Crippen LogP contribution in [0.4, 0.5) is 0 Å². The fraction of sp³-hybridized carbons (Fsp3) is 0.667. The first-order chi connectivity index (χ1) is 9.84. The Hall–Kier alpha value is -0.860. The molecule has 1 aliphatic heterocycles. The van der Waals surface area contributed by atoms with E-state index in [1.165, 1.54) is 70.3 Å². The fourth-order valence-corrected chi connectivity index (χ4v) is 3.06. The number of nitrogens with one attached hydrogen (secondary N) is 1. The van der Waals surface area contributed by atoms with Gasteiger partial charge < -0.3 is 10.2 Å². The zero-order chi connectivity index (χ0) is 14.0. The van der Waals surface area contributed by atoms with E-state index in [1.54, 1.807) is 0 Å². The smallest absolute Gasteiger partial charge is 0.00188 e. The van der Waals surface area contributed by atoms with Gasteiger partial charge >= 0.3 is 0 Å². The predicted octanol–water partition coefficient (Wildman–Crippen LogP) is 3.33. The molecule has 0 saturated carbocycles. The molecule has 20 heavy (non-hydrogen) atoms. The third-order valence-electron chi connectivity index (χ3n) is 4.43. The monoisotopic (exact) mass is 274 g/mol. The normalized spacial score (nSPS) is 19.4. The molecule has 0 spiro atoms. The van der Waals surface area contributed by atoms with Crippen LogP contribution in [-0.4, -0.2) is 38.1 Å². The average Bonchev–Trinajstić information content (AvgIpc) is 2.52. The van der Waals surface area contributed by atoms with Gasteiger partial charge in [-0.2, -0.15) is 0 Å². The van der Waals surface area contributed by atoms with E-state index >= 15 is 0 Å². The molecule has 1 atom stereocenters. The summed E-state index contributed by atoms with van der Waals surface area (Å²) in [5.74, 6) is 0.943. The molecule has 1 heterocycles. The standard InChI is InChI=1S/C18H30N2/c1-20(15-12-17-8-3-2-4-9-17)14-6-5-10-18-11-7-13-19-16-18/h2-4,8-9,18-19H,5-7,10-16H2,1H3. The van der Waals surface area contributed by atoms with Crippen molar-refractivity contribution in [2.24, 2.45) is 5.92 Å². The summed E-state index contributed by atoms with van der Waals surface area (Å²) in [7, 11) is 2.26. The summed E-state index contributed by atoms with van der Waals surface area (Å²) >= 11 is 0. The number of unbranched alkanes of at least 4 members (excludes halogenated alkanes) is 1. The van der Waals surface area contributed by atoms with Gasteiger partial charge in [0.25, 0.3) is 0 Å². The van der Waals surface area contributed by atoms with Gasteiger partial charge in [0.05, 0.1) is 0 Å². The molecule has 1 aliphatic rings. The van der Waals surface area contributed by atoms with Gasteiger partial charge in [-0.05, 0) is 70.3 Å². The highest BCUT2D eigenvalue weighted by atomic mass is 15.1. The van der Waals surface area contributed by atoms with Crippen LogP contribution in [0.1, 0.15) is 37.7 Å². The highest BCUT2D eigenvalue weighted by Crippen LogP contribution is 2.16. The van der Waals surface area contributed by atoms with Crippen molar-refractivity contribution in [3.8, 4) is 0 Å². The Morgan fingerprint density at radius 3 is 2.75 bits per heavy atom. The summed E-state index contributed by atoms with van der Waals surface area (Å²) in [5, 5.41) is 3.51. The van der Waals surface area contributed by atoms with E-state index in [2.05, 4.69) is 47.6 Å². The molecule has 1 unspecified atom stereocenters. The second-order valence-electron chi connectivity index (χ2n) is 6.25. The summed E-state index contributed by atoms with van der Waals surface area (Å²) in [6.07, 6.45) is 8.14. The van der Waals surface area contributed by atoms with E-state index in [-0.39, 0.29) is 0 Å². The number of piperidine rings is 1. The van der Waals surface area contributed by atoms with Gasteiger partial charge in [0, 0.05) is 6.54 Å². The van der Waals surface area contributed by atoms with Crippen molar-refractivity contribution < 1.29 is 0 Å². The minimum Gasteiger partial charge on any atom is -0.316 e. The Labute approximate surface area is 124 Å². The van der Waals surface area contributed by atoms with E-state index in [4.69, 9.17) is 0 Å². The molecule has 2 rings (SSSR count). The highest BCUT2D eigenvalue weighted by molar-refractivity contribution is 5.14. The Balaban J connectivity index is 1.50. The van der Waals surface area contributed by atoms with Crippen molar-refractivity contribution in [3.63, 3.8) is 0 Å². The van der Waals surface area contributed by atoms with Crippen molar-refractivity contribution in [2.45, 2.75) is 38.5 Å². The lowest BCUT2D eigenvalue weighted by Gasteiger charge is -2.23. The van der Waals surface area contributed by atoms with Crippen LogP contribution in [0.5, 0.6) is 0 Å². The van der Waals surface area contributed by atoms with Crippen molar-refractivity contribution in [1.82, 2.24) is 10.2 Å². The minimum atomic E-state index is 0.943. The lowest BCUT2D eigenvalue weighted by atomic mass is 9.94. The van der Waals surface area contributed by atoms with Crippen LogP contribution < -0.4 is 5.32 Å². The molecule has 112 valence electrons. The van der Waals surface area contributed by atoms with Gasteiger partial charge in [-0.1, -0.05) is 36.8 Å². The van der Waals surface area contributed by atoms with Crippen LogP contribution in [0.3, 0.4) is 0 Å². The van der Waals surface area contributed by atoms with E-state index in [1.807, 2.05) is 0 Å². The average molecular weight is 274 g/mol. The molecule has 0 aliphatic carbocycles. The van der Waals surface area contributed by atoms with Crippen molar-refractivity contribution in [3.05, 3.63) is 35.9 Å². The van der Waals surface area contributed by atoms with Crippen molar-refractivity contribution >= 4 is 0 Å². The first-order valence-corrected chi connectivity index (χ1v) is 8.28. The fourth-order valence-electron chi connectivity index (χ4n) is 3.06. The molecule has 0 radical (unpaired) electrons. The van der Waals surface area contributed by atoms with Crippen LogP contribution >= 0.6 is 0 Å². The molecule has 1 fully saturated rings. The Kier molecular flexibility index (Phi) is 7.10. The summed E-state index contributed by atoms with van der Waals surface area (Å²) in [6, 6.07) is 10.8. The maximum atomic E-state index is 3.51. The first kappa shape index (κ1) is 15.5. The van der Waals surface area contributed by atoms with Crippen molar-refractivity contribution in [2.75, 3.05) is 33.2 Å². The lowest BCUT2D eigenvalue weighted by molar-refractivity contribution is 0.307. The van der Waals surface area contributed by atoms with Crippen LogP contribution in [0.25, 0.3) is 0 Å².